The molecule has 3 rings (SSSR count). The van der Waals surface area contributed by atoms with E-state index in [4.69, 9.17) is 16.0 Å². The highest BCUT2D eigenvalue weighted by Gasteiger charge is 2.18. The van der Waals surface area contributed by atoms with Gasteiger partial charge in [0.25, 0.3) is 11.6 Å². The number of carbonyl (C=O) groups is 1. The minimum absolute atomic E-state index is 0.00959. The second-order valence-electron chi connectivity index (χ2n) is 5.67. The van der Waals surface area contributed by atoms with Crippen LogP contribution in [0.25, 0.3) is 0 Å². The lowest BCUT2D eigenvalue weighted by Crippen LogP contribution is -2.30. The van der Waals surface area contributed by atoms with Gasteiger partial charge in [0.15, 0.2) is 0 Å². The van der Waals surface area contributed by atoms with Crippen molar-refractivity contribution in [1.82, 2.24) is 4.90 Å². The molecule has 1 aromatic heterocycles. The molecule has 0 atom stereocenters. The van der Waals surface area contributed by atoms with Crippen LogP contribution >= 0.6 is 11.6 Å². The molecule has 6 nitrogen and oxygen atoms in total. The first-order valence-electron chi connectivity index (χ1n) is 7.83. The van der Waals surface area contributed by atoms with Crippen molar-refractivity contribution < 1.29 is 14.1 Å². The first-order valence-corrected chi connectivity index (χ1v) is 8.21. The Bertz CT molecular complexity index is 890. The van der Waals surface area contributed by atoms with E-state index in [2.05, 4.69) is 0 Å². The zero-order valence-corrected chi connectivity index (χ0v) is 14.4. The molecular weight excluding hydrogens is 356 g/mol. The average Bonchev–Trinajstić information content (AvgIpc) is 3.15. The summed E-state index contributed by atoms with van der Waals surface area (Å²) in [6.45, 7) is 0.575. The van der Waals surface area contributed by atoms with Crippen molar-refractivity contribution in [3.05, 3.63) is 99.0 Å². The van der Waals surface area contributed by atoms with Crippen LogP contribution in [-0.2, 0) is 13.1 Å². The molecule has 0 aliphatic rings. The summed E-state index contributed by atoms with van der Waals surface area (Å²) in [6, 6.07) is 16.3. The van der Waals surface area contributed by atoms with Gasteiger partial charge in [-0.25, -0.2) is 0 Å². The van der Waals surface area contributed by atoms with Crippen LogP contribution in [0.15, 0.2) is 71.3 Å². The van der Waals surface area contributed by atoms with Crippen molar-refractivity contribution in [2.45, 2.75) is 13.1 Å². The van der Waals surface area contributed by atoms with E-state index in [1.165, 1.54) is 12.1 Å². The molecule has 0 spiro atoms. The average molecular weight is 371 g/mol. The number of amides is 1. The fourth-order valence-electron chi connectivity index (χ4n) is 2.51. The first-order chi connectivity index (χ1) is 12.5. The zero-order valence-electron chi connectivity index (χ0n) is 13.7. The minimum Gasteiger partial charge on any atom is -0.467 e. The van der Waals surface area contributed by atoms with Gasteiger partial charge in [0.2, 0.25) is 0 Å². The van der Waals surface area contributed by atoms with Crippen molar-refractivity contribution >= 4 is 23.2 Å². The number of hydrogen-bond donors (Lipinski definition) is 0. The van der Waals surface area contributed by atoms with E-state index in [0.29, 0.717) is 22.9 Å². The third-order valence-electron chi connectivity index (χ3n) is 3.83. The van der Waals surface area contributed by atoms with Gasteiger partial charge in [-0.15, -0.1) is 0 Å². The number of rotatable bonds is 6. The molecule has 0 radical (unpaired) electrons. The van der Waals surface area contributed by atoms with Crippen molar-refractivity contribution in [1.29, 1.82) is 0 Å². The van der Waals surface area contributed by atoms with Crippen molar-refractivity contribution in [2.75, 3.05) is 0 Å². The maximum absolute atomic E-state index is 12.9. The molecule has 1 heterocycles. The van der Waals surface area contributed by atoms with Crippen molar-refractivity contribution in [3.8, 4) is 0 Å². The SMILES string of the molecule is O=C(c1ccc(Cl)cc1)N(Cc1ccc([N+](=O)[O-])cc1)Cc1ccco1. The van der Waals surface area contributed by atoms with Crippen molar-refractivity contribution in [2.24, 2.45) is 0 Å². The molecule has 0 saturated carbocycles. The summed E-state index contributed by atoms with van der Waals surface area (Å²) in [5, 5.41) is 11.3. The number of nitro groups is 1. The molecule has 0 unspecified atom stereocenters. The number of carbonyl (C=O) groups excluding carboxylic acids is 1. The van der Waals surface area contributed by atoms with Crippen LogP contribution in [0.5, 0.6) is 0 Å². The lowest BCUT2D eigenvalue weighted by Gasteiger charge is -2.22. The highest BCUT2D eigenvalue weighted by atomic mass is 35.5. The summed E-state index contributed by atoms with van der Waals surface area (Å²) < 4.78 is 5.35. The fourth-order valence-corrected chi connectivity index (χ4v) is 2.63. The van der Waals surface area contributed by atoms with E-state index in [0.717, 1.165) is 5.56 Å². The largest absolute Gasteiger partial charge is 0.467 e. The highest BCUT2D eigenvalue weighted by Crippen LogP contribution is 2.18. The van der Waals surface area contributed by atoms with Crippen molar-refractivity contribution in [3.63, 3.8) is 0 Å². The molecule has 0 aliphatic carbocycles. The predicted molar refractivity (Wildman–Crippen MR) is 96.8 cm³/mol. The standard InChI is InChI=1S/C19H15ClN2O4/c20-16-7-5-15(6-8-16)19(23)21(13-18-2-1-11-26-18)12-14-3-9-17(10-4-14)22(24)25/h1-11H,12-13H2. The third-order valence-corrected chi connectivity index (χ3v) is 4.08. The summed E-state index contributed by atoms with van der Waals surface area (Å²) in [4.78, 5) is 24.8. The molecule has 0 saturated heterocycles. The maximum atomic E-state index is 12.9. The molecular formula is C19H15ClN2O4. The summed E-state index contributed by atoms with van der Waals surface area (Å²) in [5.74, 6) is 0.464. The predicted octanol–water partition coefficient (Wildman–Crippen LogP) is 4.68. The molecule has 0 fully saturated rings. The van der Waals surface area contributed by atoms with Crippen LogP contribution in [0, 0.1) is 10.1 Å². The second-order valence-corrected chi connectivity index (χ2v) is 6.11. The van der Waals surface area contributed by atoms with Crippen LogP contribution in [0.1, 0.15) is 21.7 Å². The Hall–Kier alpha value is -3.12. The van der Waals surface area contributed by atoms with Gasteiger partial charge >= 0.3 is 0 Å². The van der Waals surface area contributed by atoms with E-state index in [-0.39, 0.29) is 18.1 Å². The van der Waals surface area contributed by atoms with Gasteiger partial charge < -0.3 is 9.32 Å². The van der Waals surface area contributed by atoms with Gasteiger partial charge in [0.05, 0.1) is 17.7 Å². The minimum atomic E-state index is -0.455. The van der Waals surface area contributed by atoms with Gasteiger partial charge in [0.1, 0.15) is 5.76 Å². The quantitative estimate of drug-likeness (QED) is 0.466. The molecule has 26 heavy (non-hydrogen) atoms. The van der Waals surface area contributed by atoms with Crippen LogP contribution in [0.3, 0.4) is 0 Å². The van der Waals surface area contributed by atoms with Crippen LogP contribution in [-0.4, -0.2) is 15.7 Å². The Kier molecular flexibility index (Phi) is 5.34. The molecule has 2 aromatic carbocycles. The summed E-state index contributed by atoms with van der Waals surface area (Å²) in [7, 11) is 0. The zero-order chi connectivity index (χ0) is 18.5. The molecule has 132 valence electrons. The smallest absolute Gasteiger partial charge is 0.269 e. The van der Waals surface area contributed by atoms with Gasteiger partial charge in [-0.05, 0) is 42.0 Å². The lowest BCUT2D eigenvalue weighted by atomic mass is 10.1. The normalized spacial score (nSPS) is 10.5. The number of nitro benzene ring substituents is 1. The Morgan fingerprint density at radius 2 is 1.73 bits per heavy atom. The summed E-state index contributed by atoms with van der Waals surface area (Å²) >= 11 is 5.89. The van der Waals surface area contributed by atoms with E-state index in [1.54, 1.807) is 59.7 Å². The van der Waals surface area contributed by atoms with Gasteiger partial charge in [-0.3, -0.25) is 14.9 Å². The molecule has 0 N–H and O–H groups in total. The number of hydrogen-bond acceptors (Lipinski definition) is 4. The van der Waals surface area contributed by atoms with Gasteiger partial charge in [0, 0.05) is 29.3 Å². The van der Waals surface area contributed by atoms with E-state index >= 15 is 0 Å². The lowest BCUT2D eigenvalue weighted by molar-refractivity contribution is -0.384. The second kappa shape index (κ2) is 7.84. The molecule has 0 bridgehead atoms. The monoisotopic (exact) mass is 370 g/mol. The first kappa shape index (κ1) is 17.7. The maximum Gasteiger partial charge on any atom is 0.269 e. The van der Waals surface area contributed by atoms with E-state index in [1.807, 2.05) is 0 Å². The van der Waals surface area contributed by atoms with Crippen LogP contribution in [0.2, 0.25) is 5.02 Å². The number of benzene rings is 2. The number of non-ortho nitro benzene ring substituents is 1. The van der Waals surface area contributed by atoms with E-state index in [9.17, 15) is 14.9 Å². The molecule has 7 heteroatoms. The Labute approximate surface area is 154 Å². The van der Waals surface area contributed by atoms with Gasteiger partial charge in [-0.2, -0.15) is 0 Å². The highest BCUT2D eigenvalue weighted by molar-refractivity contribution is 6.30. The number of halogens is 1. The van der Waals surface area contributed by atoms with Gasteiger partial charge in [-0.1, -0.05) is 23.7 Å². The number of nitrogens with zero attached hydrogens (tertiary/aromatic N) is 2. The van der Waals surface area contributed by atoms with Crippen LogP contribution < -0.4 is 0 Å². The molecule has 1 amide bonds. The van der Waals surface area contributed by atoms with E-state index < -0.39 is 4.92 Å². The summed E-state index contributed by atoms with van der Waals surface area (Å²) in [6.07, 6.45) is 1.55. The summed E-state index contributed by atoms with van der Waals surface area (Å²) in [5.41, 5.74) is 1.29. The van der Waals surface area contributed by atoms with Crippen LogP contribution in [0.4, 0.5) is 5.69 Å². The Morgan fingerprint density at radius 1 is 1.04 bits per heavy atom. The molecule has 3 aromatic rings. The topological polar surface area (TPSA) is 76.6 Å². The Balaban J connectivity index is 1.83. The number of furan rings is 1. The molecule has 0 aliphatic heterocycles. The fraction of sp³-hybridized carbons (Fsp3) is 0.105. The Morgan fingerprint density at radius 3 is 2.31 bits per heavy atom. The third kappa shape index (κ3) is 4.29.